The second-order valence-electron chi connectivity index (χ2n) is 8.31. The second kappa shape index (κ2) is 8.34. The van der Waals surface area contributed by atoms with Crippen molar-refractivity contribution in [2.45, 2.75) is 51.9 Å². The first kappa shape index (κ1) is 19.6. The number of carbonyl (C=O) groups excluding carboxylic acids is 2. The number of likely N-dealkylation sites (tertiary alicyclic amines) is 1. The van der Waals surface area contributed by atoms with Gasteiger partial charge in [0.1, 0.15) is 0 Å². The second-order valence-corrected chi connectivity index (χ2v) is 8.31. The minimum atomic E-state index is -0.379. The van der Waals surface area contributed by atoms with E-state index in [0.717, 1.165) is 6.54 Å². The van der Waals surface area contributed by atoms with Crippen molar-refractivity contribution in [2.75, 3.05) is 19.6 Å². The number of amides is 2. The molecule has 29 heavy (non-hydrogen) atoms. The van der Waals surface area contributed by atoms with Crippen LogP contribution in [0.2, 0.25) is 0 Å². The van der Waals surface area contributed by atoms with Gasteiger partial charge < -0.3 is 15.2 Å². The van der Waals surface area contributed by atoms with Gasteiger partial charge >= 0.3 is 0 Å². The number of nitrogens with one attached hydrogen (secondary N) is 2. The van der Waals surface area contributed by atoms with Crippen LogP contribution < -0.4 is 10.9 Å². The summed E-state index contributed by atoms with van der Waals surface area (Å²) in [6.45, 7) is 3.47. The molecular weight excluding hydrogens is 372 g/mol. The summed E-state index contributed by atoms with van der Waals surface area (Å²) < 4.78 is 1.34. The number of hydrogen-bond donors (Lipinski definition) is 2. The van der Waals surface area contributed by atoms with Crippen molar-refractivity contribution in [1.82, 2.24) is 30.0 Å². The Morgan fingerprint density at radius 1 is 1.17 bits per heavy atom. The Bertz CT molecular complexity index is 951. The fraction of sp³-hybridized carbons (Fsp3) is 0.650. The Kier molecular flexibility index (Phi) is 5.64. The number of fused-ring (bicyclic) bond motifs is 1. The molecule has 0 atom stereocenters. The van der Waals surface area contributed by atoms with Gasteiger partial charge in [-0.05, 0) is 38.5 Å². The summed E-state index contributed by atoms with van der Waals surface area (Å²) in [6.07, 6.45) is 9.13. The summed E-state index contributed by atoms with van der Waals surface area (Å²) in [5.74, 6) is 0.336. The number of piperidine rings is 1. The summed E-state index contributed by atoms with van der Waals surface area (Å²) in [5.41, 5.74) is 0.487. The van der Waals surface area contributed by atoms with Gasteiger partial charge in [-0.1, -0.05) is 24.5 Å². The molecule has 1 saturated carbocycles. The SMILES string of the molecule is Cc1cn2nnc(C(=O)N3CCC(C(=O)NCC4CCCCC4)CC3)c2c(=O)[nH]1. The Morgan fingerprint density at radius 3 is 2.62 bits per heavy atom. The molecule has 0 bridgehead atoms. The summed E-state index contributed by atoms with van der Waals surface area (Å²) in [6, 6.07) is 0. The van der Waals surface area contributed by atoms with E-state index in [1.165, 1.54) is 36.6 Å². The van der Waals surface area contributed by atoms with E-state index in [9.17, 15) is 14.4 Å². The highest BCUT2D eigenvalue weighted by Crippen LogP contribution is 2.24. The molecule has 2 amide bonds. The van der Waals surface area contributed by atoms with Crippen LogP contribution in [0.3, 0.4) is 0 Å². The highest BCUT2D eigenvalue weighted by Gasteiger charge is 2.30. The van der Waals surface area contributed by atoms with E-state index in [0.29, 0.717) is 37.5 Å². The minimum absolute atomic E-state index is 0.0615. The van der Waals surface area contributed by atoms with Crippen molar-refractivity contribution < 1.29 is 9.59 Å². The zero-order valence-electron chi connectivity index (χ0n) is 16.8. The Labute approximate surface area is 168 Å². The maximum Gasteiger partial charge on any atom is 0.276 e. The summed E-state index contributed by atoms with van der Waals surface area (Å²) in [5, 5.41) is 11.0. The predicted molar refractivity (Wildman–Crippen MR) is 107 cm³/mol. The van der Waals surface area contributed by atoms with Crippen LogP contribution in [0.4, 0.5) is 0 Å². The molecule has 9 heteroatoms. The van der Waals surface area contributed by atoms with Crippen molar-refractivity contribution in [3.63, 3.8) is 0 Å². The van der Waals surface area contributed by atoms with Crippen molar-refractivity contribution in [3.05, 3.63) is 27.9 Å². The third-order valence-corrected chi connectivity index (χ3v) is 6.18. The molecule has 2 N–H and O–H groups in total. The Morgan fingerprint density at radius 2 is 1.90 bits per heavy atom. The molecular formula is C20H28N6O3. The average Bonchev–Trinajstić information content (AvgIpc) is 3.16. The number of H-pyrrole nitrogens is 1. The van der Waals surface area contributed by atoms with Gasteiger partial charge in [0.2, 0.25) is 5.91 Å². The molecule has 2 fully saturated rings. The van der Waals surface area contributed by atoms with Crippen LogP contribution >= 0.6 is 0 Å². The summed E-state index contributed by atoms with van der Waals surface area (Å²) in [4.78, 5) is 42.0. The molecule has 9 nitrogen and oxygen atoms in total. The number of rotatable bonds is 4. The van der Waals surface area contributed by atoms with Crippen molar-refractivity contribution in [3.8, 4) is 0 Å². The number of hydrogen-bond acceptors (Lipinski definition) is 5. The highest BCUT2D eigenvalue weighted by atomic mass is 16.2. The van der Waals surface area contributed by atoms with Crippen LogP contribution in [0.5, 0.6) is 0 Å². The molecule has 2 aromatic heterocycles. The van der Waals surface area contributed by atoms with Gasteiger partial charge in [-0.2, -0.15) is 0 Å². The normalized spacial score (nSPS) is 18.9. The van der Waals surface area contributed by atoms with E-state index in [4.69, 9.17) is 0 Å². The molecule has 2 aromatic rings. The molecule has 0 spiro atoms. The van der Waals surface area contributed by atoms with Gasteiger partial charge in [0.05, 0.1) is 6.20 Å². The number of aromatic nitrogens is 4. The standard InChI is InChI=1S/C20H28N6O3/c1-13-12-26-17(19(28)22-13)16(23-24-26)20(29)25-9-7-15(8-10-25)18(27)21-11-14-5-3-2-4-6-14/h12,14-15H,2-11H2,1H3,(H,21,27)(H,22,28). The quantitative estimate of drug-likeness (QED) is 0.803. The van der Waals surface area contributed by atoms with Crippen molar-refractivity contribution in [2.24, 2.45) is 11.8 Å². The lowest BCUT2D eigenvalue weighted by molar-refractivity contribution is -0.126. The van der Waals surface area contributed by atoms with E-state index in [1.54, 1.807) is 18.0 Å². The lowest BCUT2D eigenvalue weighted by Gasteiger charge is -2.31. The van der Waals surface area contributed by atoms with E-state index >= 15 is 0 Å². The van der Waals surface area contributed by atoms with Gasteiger partial charge in [0.25, 0.3) is 11.5 Å². The van der Waals surface area contributed by atoms with Crippen LogP contribution in [0.1, 0.15) is 61.1 Å². The molecule has 156 valence electrons. The highest BCUT2D eigenvalue weighted by molar-refractivity contribution is 5.98. The first-order chi connectivity index (χ1) is 14.0. The predicted octanol–water partition coefficient (Wildman–Crippen LogP) is 1.27. The first-order valence-corrected chi connectivity index (χ1v) is 10.5. The smallest absolute Gasteiger partial charge is 0.276 e. The van der Waals surface area contributed by atoms with E-state index in [1.807, 2.05) is 0 Å². The summed E-state index contributed by atoms with van der Waals surface area (Å²) in [7, 11) is 0. The molecule has 2 aliphatic rings. The lowest BCUT2D eigenvalue weighted by atomic mass is 9.89. The van der Waals surface area contributed by atoms with Crippen LogP contribution in [-0.4, -0.2) is 56.2 Å². The fourth-order valence-corrected chi connectivity index (χ4v) is 4.47. The third kappa shape index (κ3) is 4.18. The molecule has 1 saturated heterocycles. The van der Waals surface area contributed by atoms with E-state index in [2.05, 4.69) is 20.6 Å². The van der Waals surface area contributed by atoms with Crippen LogP contribution in [0.15, 0.2) is 11.0 Å². The fourth-order valence-electron chi connectivity index (χ4n) is 4.47. The third-order valence-electron chi connectivity index (χ3n) is 6.18. The molecule has 3 heterocycles. The van der Waals surface area contributed by atoms with Gasteiger partial charge in [-0.3, -0.25) is 14.4 Å². The first-order valence-electron chi connectivity index (χ1n) is 10.5. The molecule has 1 aliphatic carbocycles. The lowest BCUT2D eigenvalue weighted by Crippen LogP contribution is -2.44. The van der Waals surface area contributed by atoms with E-state index in [-0.39, 0.29) is 34.5 Å². The zero-order valence-corrected chi connectivity index (χ0v) is 16.8. The number of nitrogens with zero attached hydrogens (tertiary/aromatic N) is 4. The zero-order chi connectivity index (χ0) is 20.4. The number of carbonyl (C=O) groups is 2. The maximum atomic E-state index is 12.9. The van der Waals surface area contributed by atoms with Crippen LogP contribution in [0.25, 0.3) is 5.52 Å². The summed E-state index contributed by atoms with van der Waals surface area (Å²) >= 11 is 0. The van der Waals surface area contributed by atoms with E-state index < -0.39 is 0 Å². The Hall–Kier alpha value is -2.71. The number of aromatic amines is 1. The van der Waals surface area contributed by atoms with Gasteiger partial charge in [0.15, 0.2) is 11.2 Å². The minimum Gasteiger partial charge on any atom is -0.356 e. The largest absolute Gasteiger partial charge is 0.356 e. The molecule has 4 rings (SSSR count). The van der Waals surface area contributed by atoms with Crippen LogP contribution in [-0.2, 0) is 4.79 Å². The molecule has 0 unspecified atom stereocenters. The molecule has 0 radical (unpaired) electrons. The van der Waals surface area contributed by atoms with Gasteiger partial charge in [-0.15, -0.1) is 5.10 Å². The van der Waals surface area contributed by atoms with Gasteiger partial charge in [-0.25, -0.2) is 4.52 Å². The van der Waals surface area contributed by atoms with Crippen LogP contribution in [0, 0.1) is 18.8 Å². The molecule has 1 aliphatic heterocycles. The average molecular weight is 400 g/mol. The van der Waals surface area contributed by atoms with Crippen molar-refractivity contribution >= 4 is 17.3 Å². The molecule has 0 aromatic carbocycles. The van der Waals surface area contributed by atoms with Gasteiger partial charge in [0, 0.05) is 31.2 Å². The number of aryl methyl sites for hydroxylation is 1. The Balaban J connectivity index is 1.34. The monoisotopic (exact) mass is 400 g/mol. The maximum absolute atomic E-state index is 12.9. The van der Waals surface area contributed by atoms with Crippen molar-refractivity contribution in [1.29, 1.82) is 0 Å². The topological polar surface area (TPSA) is 112 Å².